The molecule has 2 aromatic carbocycles. The molecule has 0 spiro atoms. The molecule has 0 aliphatic carbocycles. The number of hydrogen-bond acceptors (Lipinski definition) is 5. The normalized spacial score (nSPS) is 10.7. The number of esters is 1. The van der Waals surface area contributed by atoms with Crippen molar-refractivity contribution in [2.24, 2.45) is 4.99 Å². The summed E-state index contributed by atoms with van der Waals surface area (Å²) < 4.78 is 10.7. The second-order valence-corrected chi connectivity index (χ2v) is 5.39. The number of nitrogens with zero attached hydrogens (tertiary/aromatic N) is 2. The van der Waals surface area contributed by atoms with Gasteiger partial charge < -0.3 is 9.47 Å². The Morgan fingerprint density at radius 3 is 2.42 bits per heavy atom. The number of aromatic nitrogens is 1. The zero-order chi connectivity index (χ0) is 18.2. The van der Waals surface area contributed by atoms with Crippen molar-refractivity contribution in [2.75, 3.05) is 6.61 Å². The number of carbonyl (C=O) groups excluding carboxylic acids is 1. The molecule has 26 heavy (non-hydrogen) atoms. The van der Waals surface area contributed by atoms with Crippen LogP contribution in [0.3, 0.4) is 0 Å². The van der Waals surface area contributed by atoms with Crippen LogP contribution < -0.4 is 9.47 Å². The SMILES string of the molecule is CCOc1ccc(C(=O)Oc2ccc(N=Cc3cccnc3)cc2)cc1. The van der Waals surface area contributed by atoms with E-state index in [9.17, 15) is 4.79 Å². The third kappa shape index (κ3) is 4.77. The van der Waals surface area contributed by atoms with Gasteiger partial charge in [0.1, 0.15) is 11.5 Å². The zero-order valence-corrected chi connectivity index (χ0v) is 14.3. The minimum absolute atomic E-state index is 0.417. The summed E-state index contributed by atoms with van der Waals surface area (Å²) >= 11 is 0. The Kier molecular flexibility index (Phi) is 5.72. The molecule has 0 unspecified atom stereocenters. The largest absolute Gasteiger partial charge is 0.494 e. The number of carbonyl (C=O) groups is 1. The Labute approximate surface area is 152 Å². The van der Waals surface area contributed by atoms with Crippen LogP contribution in [-0.2, 0) is 0 Å². The van der Waals surface area contributed by atoms with E-state index >= 15 is 0 Å². The maximum absolute atomic E-state index is 12.2. The first-order valence-corrected chi connectivity index (χ1v) is 8.24. The standard InChI is InChI=1S/C21H18N2O3/c1-2-25-19-9-5-17(6-10-19)21(24)26-20-11-7-18(8-12-20)23-15-16-4-3-13-22-14-16/h3-15H,2H2,1H3. The molecule has 0 saturated heterocycles. The lowest BCUT2D eigenvalue weighted by atomic mass is 10.2. The van der Waals surface area contributed by atoms with Crippen LogP contribution in [0.5, 0.6) is 11.5 Å². The second-order valence-electron chi connectivity index (χ2n) is 5.39. The second kappa shape index (κ2) is 8.58. The minimum atomic E-state index is -0.417. The van der Waals surface area contributed by atoms with Crippen molar-refractivity contribution < 1.29 is 14.3 Å². The molecule has 0 amide bonds. The molecule has 0 bridgehead atoms. The predicted octanol–water partition coefficient (Wildman–Crippen LogP) is 4.45. The Morgan fingerprint density at radius 2 is 1.77 bits per heavy atom. The highest BCUT2D eigenvalue weighted by Gasteiger charge is 2.08. The fourth-order valence-corrected chi connectivity index (χ4v) is 2.22. The molecule has 3 aromatic rings. The summed E-state index contributed by atoms with van der Waals surface area (Å²) in [4.78, 5) is 20.6. The number of ether oxygens (including phenoxy) is 2. The van der Waals surface area contributed by atoms with Crippen LogP contribution in [0.25, 0.3) is 0 Å². The number of hydrogen-bond donors (Lipinski definition) is 0. The van der Waals surface area contributed by atoms with Crippen molar-refractivity contribution in [1.82, 2.24) is 4.98 Å². The van der Waals surface area contributed by atoms with E-state index in [4.69, 9.17) is 9.47 Å². The summed E-state index contributed by atoms with van der Waals surface area (Å²) in [7, 11) is 0. The first-order chi connectivity index (χ1) is 12.7. The maximum atomic E-state index is 12.2. The van der Waals surface area contributed by atoms with E-state index in [1.54, 1.807) is 67.1 Å². The Hall–Kier alpha value is -3.47. The van der Waals surface area contributed by atoms with Gasteiger partial charge in [-0.1, -0.05) is 6.07 Å². The predicted molar refractivity (Wildman–Crippen MR) is 101 cm³/mol. The summed E-state index contributed by atoms with van der Waals surface area (Å²) in [6, 6.07) is 17.6. The third-order valence-electron chi connectivity index (χ3n) is 3.50. The lowest BCUT2D eigenvalue weighted by Crippen LogP contribution is -2.08. The molecular weight excluding hydrogens is 328 g/mol. The van der Waals surface area contributed by atoms with Crippen molar-refractivity contribution in [3.05, 3.63) is 84.2 Å². The quantitative estimate of drug-likeness (QED) is 0.376. The molecule has 3 rings (SSSR count). The highest BCUT2D eigenvalue weighted by molar-refractivity contribution is 5.91. The monoisotopic (exact) mass is 346 g/mol. The highest BCUT2D eigenvalue weighted by atomic mass is 16.5. The summed E-state index contributed by atoms with van der Waals surface area (Å²) in [6.07, 6.45) is 5.18. The van der Waals surface area contributed by atoms with E-state index in [2.05, 4.69) is 9.98 Å². The van der Waals surface area contributed by atoms with Gasteiger partial charge in [-0.25, -0.2) is 4.79 Å². The fourth-order valence-electron chi connectivity index (χ4n) is 2.22. The van der Waals surface area contributed by atoms with Crippen LogP contribution in [-0.4, -0.2) is 23.8 Å². The van der Waals surface area contributed by atoms with E-state index < -0.39 is 5.97 Å². The fraction of sp³-hybridized carbons (Fsp3) is 0.0952. The molecule has 0 N–H and O–H groups in total. The van der Waals surface area contributed by atoms with Gasteiger partial charge in [-0.3, -0.25) is 9.98 Å². The van der Waals surface area contributed by atoms with E-state index in [1.165, 1.54) is 0 Å². The molecule has 0 fully saturated rings. The molecule has 130 valence electrons. The molecule has 1 heterocycles. The Morgan fingerprint density at radius 1 is 1.04 bits per heavy atom. The number of benzene rings is 2. The summed E-state index contributed by atoms with van der Waals surface area (Å²) in [6.45, 7) is 2.49. The first kappa shape index (κ1) is 17.4. The molecule has 0 radical (unpaired) electrons. The number of rotatable bonds is 6. The van der Waals surface area contributed by atoms with Gasteiger partial charge in [-0.15, -0.1) is 0 Å². The van der Waals surface area contributed by atoms with Crippen LogP contribution in [0.2, 0.25) is 0 Å². The van der Waals surface area contributed by atoms with Crippen molar-refractivity contribution in [3.63, 3.8) is 0 Å². The van der Waals surface area contributed by atoms with Gasteiger partial charge in [0.2, 0.25) is 0 Å². The molecular formula is C21H18N2O3. The van der Waals surface area contributed by atoms with Crippen LogP contribution in [0, 0.1) is 0 Å². The Balaban J connectivity index is 1.61. The van der Waals surface area contributed by atoms with Crippen LogP contribution in [0.4, 0.5) is 5.69 Å². The van der Waals surface area contributed by atoms with Gasteiger partial charge >= 0.3 is 5.97 Å². The van der Waals surface area contributed by atoms with Crippen molar-refractivity contribution in [3.8, 4) is 11.5 Å². The van der Waals surface area contributed by atoms with Crippen LogP contribution >= 0.6 is 0 Å². The number of aliphatic imine (C=N–C) groups is 1. The lowest BCUT2D eigenvalue weighted by Gasteiger charge is -2.06. The zero-order valence-electron chi connectivity index (χ0n) is 14.3. The highest BCUT2D eigenvalue weighted by Crippen LogP contribution is 2.20. The lowest BCUT2D eigenvalue weighted by molar-refractivity contribution is 0.0734. The van der Waals surface area contributed by atoms with E-state index in [-0.39, 0.29) is 0 Å². The topological polar surface area (TPSA) is 60.8 Å². The van der Waals surface area contributed by atoms with Gasteiger partial charge in [0, 0.05) is 24.2 Å². The molecule has 0 aliphatic heterocycles. The number of pyridine rings is 1. The summed E-state index contributed by atoms with van der Waals surface area (Å²) in [5.41, 5.74) is 2.14. The van der Waals surface area contributed by atoms with Gasteiger partial charge in [-0.2, -0.15) is 0 Å². The van der Waals surface area contributed by atoms with Crippen LogP contribution in [0.1, 0.15) is 22.8 Å². The smallest absolute Gasteiger partial charge is 0.343 e. The van der Waals surface area contributed by atoms with Gasteiger partial charge in [0.15, 0.2) is 0 Å². The van der Waals surface area contributed by atoms with Crippen molar-refractivity contribution in [2.45, 2.75) is 6.92 Å². The minimum Gasteiger partial charge on any atom is -0.494 e. The van der Waals surface area contributed by atoms with Crippen molar-refractivity contribution in [1.29, 1.82) is 0 Å². The van der Waals surface area contributed by atoms with Crippen LogP contribution in [0.15, 0.2) is 78.0 Å². The molecule has 0 atom stereocenters. The molecule has 1 aromatic heterocycles. The Bertz CT molecular complexity index is 873. The van der Waals surface area contributed by atoms with E-state index in [0.29, 0.717) is 17.9 Å². The summed E-state index contributed by atoms with van der Waals surface area (Å²) in [5.74, 6) is 0.767. The van der Waals surface area contributed by atoms with Gasteiger partial charge in [0.25, 0.3) is 0 Å². The molecule has 5 nitrogen and oxygen atoms in total. The van der Waals surface area contributed by atoms with E-state index in [1.807, 2.05) is 19.1 Å². The van der Waals surface area contributed by atoms with Gasteiger partial charge in [-0.05, 0) is 61.5 Å². The average Bonchev–Trinajstić information content (AvgIpc) is 2.69. The molecule has 0 saturated carbocycles. The van der Waals surface area contributed by atoms with E-state index in [0.717, 1.165) is 17.0 Å². The third-order valence-corrected chi connectivity index (χ3v) is 3.50. The summed E-state index contributed by atoms with van der Waals surface area (Å²) in [5, 5.41) is 0. The average molecular weight is 346 g/mol. The molecule has 0 aliphatic rings. The maximum Gasteiger partial charge on any atom is 0.343 e. The molecule has 5 heteroatoms. The van der Waals surface area contributed by atoms with Crippen molar-refractivity contribution >= 4 is 17.9 Å². The van der Waals surface area contributed by atoms with Gasteiger partial charge in [0.05, 0.1) is 17.9 Å². The first-order valence-electron chi connectivity index (χ1n) is 8.24.